The molecule has 3 rings (SSSR count). The number of rotatable bonds is 11. The van der Waals surface area contributed by atoms with Crippen molar-refractivity contribution in [3.8, 4) is 11.4 Å². The van der Waals surface area contributed by atoms with Crippen molar-refractivity contribution in [2.45, 2.75) is 32.1 Å². The first kappa shape index (κ1) is 23.9. The minimum atomic E-state index is -0.342. The number of amides is 1. The fourth-order valence-electron chi connectivity index (χ4n) is 3.28. The number of hydrogen-bond acceptors (Lipinski definition) is 5. The molecular weight excluding hydrogens is 427 g/mol. The lowest BCUT2D eigenvalue weighted by atomic mass is 10.2. The molecule has 0 saturated carbocycles. The molecule has 6 nitrogen and oxygen atoms in total. The number of halogens is 1. The molecule has 2 aromatic carbocycles. The fourth-order valence-corrected chi connectivity index (χ4v) is 4.13. The smallest absolute Gasteiger partial charge is 0.233 e. The molecular formula is C24H29FN4O2S. The minimum absolute atomic E-state index is 0.0116. The second-order valence-electron chi connectivity index (χ2n) is 7.87. The van der Waals surface area contributed by atoms with Crippen LogP contribution in [0.4, 0.5) is 4.39 Å². The number of aromatic nitrogens is 3. The Kier molecular flexibility index (Phi) is 8.81. The van der Waals surface area contributed by atoms with Gasteiger partial charge in [0.25, 0.3) is 0 Å². The quantitative estimate of drug-likeness (QED) is 0.398. The van der Waals surface area contributed by atoms with Gasteiger partial charge in [0.1, 0.15) is 5.82 Å². The lowest BCUT2D eigenvalue weighted by Crippen LogP contribution is -2.34. The second-order valence-corrected chi connectivity index (χ2v) is 8.82. The van der Waals surface area contributed by atoms with Gasteiger partial charge in [0.2, 0.25) is 5.91 Å². The van der Waals surface area contributed by atoms with Crippen LogP contribution in [0.15, 0.2) is 59.8 Å². The molecule has 3 aromatic rings. The molecule has 32 heavy (non-hydrogen) atoms. The summed E-state index contributed by atoms with van der Waals surface area (Å²) in [7, 11) is 1.62. The van der Waals surface area contributed by atoms with E-state index in [0.717, 1.165) is 5.56 Å². The Morgan fingerprint density at radius 2 is 1.84 bits per heavy atom. The van der Waals surface area contributed by atoms with Crippen LogP contribution in [-0.2, 0) is 22.6 Å². The fraction of sp³-hybridized carbons (Fsp3) is 0.375. The molecule has 1 amide bonds. The van der Waals surface area contributed by atoms with Crippen LogP contribution >= 0.6 is 11.8 Å². The van der Waals surface area contributed by atoms with Gasteiger partial charge in [-0.1, -0.05) is 68.1 Å². The SMILES string of the molecule is COCCN(Cc1ccccc1)C(=O)CSc1nnc(-c2ccccc2F)n1CC(C)C. The maximum Gasteiger partial charge on any atom is 0.233 e. The summed E-state index contributed by atoms with van der Waals surface area (Å²) in [6, 6.07) is 16.4. The van der Waals surface area contributed by atoms with Gasteiger partial charge in [-0.3, -0.25) is 4.79 Å². The van der Waals surface area contributed by atoms with Crippen molar-refractivity contribution in [2.75, 3.05) is 26.0 Å². The Bertz CT molecular complexity index is 1010. The monoisotopic (exact) mass is 456 g/mol. The van der Waals surface area contributed by atoms with Crippen LogP contribution in [0.2, 0.25) is 0 Å². The maximum atomic E-state index is 14.4. The van der Waals surface area contributed by atoms with Crippen molar-refractivity contribution >= 4 is 17.7 Å². The number of benzene rings is 2. The van der Waals surface area contributed by atoms with E-state index in [1.165, 1.54) is 17.8 Å². The van der Waals surface area contributed by atoms with E-state index in [1.54, 1.807) is 30.2 Å². The zero-order valence-electron chi connectivity index (χ0n) is 18.7. The molecule has 0 aliphatic heterocycles. The van der Waals surface area contributed by atoms with Crippen LogP contribution in [0, 0.1) is 11.7 Å². The topological polar surface area (TPSA) is 60.2 Å². The van der Waals surface area contributed by atoms with Crippen LogP contribution in [0.3, 0.4) is 0 Å². The third-order valence-electron chi connectivity index (χ3n) is 4.84. The zero-order valence-corrected chi connectivity index (χ0v) is 19.5. The molecule has 0 fully saturated rings. The van der Waals surface area contributed by atoms with E-state index in [9.17, 15) is 9.18 Å². The van der Waals surface area contributed by atoms with Crippen molar-refractivity contribution in [1.82, 2.24) is 19.7 Å². The first-order valence-electron chi connectivity index (χ1n) is 10.6. The number of ether oxygens (including phenoxy) is 1. The van der Waals surface area contributed by atoms with Crippen molar-refractivity contribution in [3.05, 3.63) is 66.0 Å². The zero-order chi connectivity index (χ0) is 22.9. The Morgan fingerprint density at radius 3 is 2.53 bits per heavy atom. The molecule has 0 unspecified atom stereocenters. The van der Waals surface area contributed by atoms with Gasteiger partial charge >= 0.3 is 0 Å². The number of hydrogen-bond donors (Lipinski definition) is 0. The normalized spacial score (nSPS) is 11.2. The number of thioether (sulfide) groups is 1. The summed E-state index contributed by atoms with van der Waals surface area (Å²) in [6.45, 7) is 6.27. The molecule has 8 heteroatoms. The van der Waals surface area contributed by atoms with Crippen LogP contribution in [-0.4, -0.2) is 51.6 Å². The Hall–Kier alpha value is -2.71. The van der Waals surface area contributed by atoms with E-state index in [2.05, 4.69) is 24.0 Å². The second kappa shape index (κ2) is 11.8. The van der Waals surface area contributed by atoms with Crippen LogP contribution < -0.4 is 0 Å². The average Bonchev–Trinajstić information content (AvgIpc) is 3.17. The summed E-state index contributed by atoms with van der Waals surface area (Å²) < 4.78 is 21.5. The van der Waals surface area contributed by atoms with Crippen molar-refractivity contribution in [1.29, 1.82) is 0 Å². The summed E-state index contributed by atoms with van der Waals surface area (Å²) in [4.78, 5) is 14.8. The van der Waals surface area contributed by atoms with Gasteiger partial charge in [-0.15, -0.1) is 10.2 Å². The number of methoxy groups -OCH3 is 1. The summed E-state index contributed by atoms with van der Waals surface area (Å²) in [5, 5.41) is 9.13. The molecule has 0 N–H and O–H groups in total. The first-order valence-corrected chi connectivity index (χ1v) is 11.6. The van der Waals surface area contributed by atoms with E-state index in [-0.39, 0.29) is 17.5 Å². The van der Waals surface area contributed by atoms with Crippen LogP contribution in [0.1, 0.15) is 19.4 Å². The Morgan fingerprint density at radius 1 is 1.12 bits per heavy atom. The van der Waals surface area contributed by atoms with Gasteiger partial charge in [0.05, 0.1) is 17.9 Å². The van der Waals surface area contributed by atoms with Crippen LogP contribution in [0.25, 0.3) is 11.4 Å². The van der Waals surface area contributed by atoms with Gasteiger partial charge in [-0.05, 0) is 23.6 Å². The predicted octanol–water partition coefficient (Wildman–Crippen LogP) is 4.51. The minimum Gasteiger partial charge on any atom is -0.383 e. The standard InChI is InChI=1S/C24H29FN4O2S/c1-18(2)15-29-23(20-11-7-8-12-21(20)25)26-27-24(29)32-17-22(30)28(13-14-31-3)16-19-9-5-4-6-10-19/h4-12,18H,13-17H2,1-3H3. The largest absolute Gasteiger partial charge is 0.383 e. The van der Waals surface area contributed by atoms with E-state index in [4.69, 9.17) is 4.74 Å². The molecule has 0 bridgehead atoms. The maximum absolute atomic E-state index is 14.4. The van der Waals surface area contributed by atoms with Crippen molar-refractivity contribution < 1.29 is 13.9 Å². The molecule has 0 aliphatic rings. The number of nitrogens with zero attached hydrogens (tertiary/aromatic N) is 4. The van der Waals surface area contributed by atoms with E-state index in [0.29, 0.717) is 48.7 Å². The molecule has 0 spiro atoms. The Labute approximate surface area is 192 Å². The molecule has 0 saturated heterocycles. The van der Waals surface area contributed by atoms with E-state index >= 15 is 0 Å². The van der Waals surface area contributed by atoms with Crippen molar-refractivity contribution in [2.24, 2.45) is 5.92 Å². The average molecular weight is 457 g/mol. The van der Waals surface area contributed by atoms with E-state index in [1.807, 2.05) is 34.9 Å². The summed E-state index contributed by atoms with van der Waals surface area (Å²) >= 11 is 1.33. The molecule has 170 valence electrons. The molecule has 1 aromatic heterocycles. The molecule has 0 aliphatic carbocycles. The number of carbonyl (C=O) groups excluding carboxylic acids is 1. The highest BCUT2D eigenvalue weighted by Gasteiger charge is 2.20. The summed E-state index contributed by atoms with van der Waals surface area (Å²) in [5.41, 5.74) is 1.47. The van der Waals surface area contributed by atoms with Crippen molar-refractivity contribution in [3.63, 3.8) is 0 Å². The van der Waals surface area contributed by atoms with Gasteiger partial charge < -0.3 is 14.2 Å². The lowest BCUT2D eigenvalue weighted by Gasteiger charge is -2.22. The number of carbonyl (C=O) groups is 1. The summed E-state index contributed by atoms with van der Waals surface area (Å²) in [6.07, 6.45) is 0. The molecule has 0 radical (unpaired) electrons. The molecule has 1 heterocycles. The molecule has 0 atom stereocenters. The third-order valence-corrected chi connectivity index (χ3v) is 5.79. The summed E-state index contributed by atoms with van der Waals surface area (Å²) in [5.74, 6) is 0.646. The van der Waals surface area contributed by atoms with Gasteiger partial charge in [0.15, 0.2) is 11.0 Å². The highest BCUT2D eigenvalue weighted by Crippen LogP contribution is 2.27. The Balaban J connectivity index is 1.76. The van der Waals surface area contributed by atoms with Gasteiger partial charge in [0, 0.05) is 26.7 Å². The predicted molar refractivity (Wildman–Crippen MR) is 125 cm³/mol. The first-order chi connectivity index (χ1) is 15.5. The lowest BCUT2D eigenvalue weighted by molar-refractivity contribution is -0.129. The van der Waals surface area contributed by atoms with Gasteiger partial charge in [-0.2, -0.15) is 0 Å². The highest BCUT2D eigenvalue weighted by molar-refractivity contribution is 7.99. The van der Waals surface area contributed by atoms with E-state index < -0.39 is 0 Å². The van der Waals surface area contributed by atoms with Crippen LogP contribution in [0.5, 0.6) is 0 Å². The van der Waals surface area contributed by atoms with Gasteiger partial charge in [-0.25, -0.2) is 4.39 Å². The third kappa shape index (κ3) is 6.40. The highest BCUT2D eigenvalue weighted by atomic mass is 32.2.